The normalized spacial score (nSPS) is 18.1. The largest absolute Gasteiger partial charge is 0.481 e. The first-order chi connectivity index (χ1) is 27.7. The summed E-state index contributed by atoms with van der Waals surface area (Å²) in [5.41, 5.74) is 6.94. The zero-order valence-electron chi connectivity index (χ0n) is 32.4. The summed E-state index contributed by atoms with van der Waals surface area (Å²) in [5, 5.41) is 27.2. The summed E-state index contributed by atoms with van der Waals surface area (Å²) < 4.78 is 7.61. The van der Waals surface area contributed by atoms with Crippen molar-refractivity contribution in [2.75, 3.05) is 24.6 Å². The van der Waals surface area contributed by atoms with Crippen molar-refractivity contribution in [2.24, 2.45) is 0 Å². The molecule has 2 heterocycles. The summed E-state index contributed by atoms with van der Waals surface area (Å²) in [7, 11) is 0. The number of fused-ring (bicyclic) bond motifs is 9. The minimum atomic E-state index is -0.866. The zero-order chi connectivity index (χ0) is 39.7. The number of nitriles is 1. The number of nitrogens with zero attached hydrogens (tertiary/aromatic N) is 3. The number of aliphatic carboxylic acids is 1. The average Bonchev–Trinajstić information content (AvgIpc) is 3.60. The Balaban J connectivity index is 1.30. The van der Waals surface area contributed by atoms with E-state index in [0.29, 0.717) is 31.6 Å². The lowest BCUT2D eigenvalue weighted by molar-refractivity contribution is -0.439. The summed E-state index contributed by atoms with van der Waals surface area (Å²) in [6.07, 6.45) is 8.43. The lowest BCUT2D eigenvalue weighted by atomic mass is 9.72. The van der Waals surface area contributed by atoms with Crippen LogP contribution in [0.15, 0.2) is 151 Å². The maximum Gasteiger partial charge on any atom is 0.305 e. The maximum absolute atomic E-state index is 11.8. The predicted molar refractivity (Wildman–Crippen MR) is 228 cm³/mol. The number of hydrogen-bond donors (Lipinski definition) is 1. The molecule has 7 nitrogen and oxygen atoms in total. The summed E-state index contributed by atoms with van der Waals surface area (Å²) in [4.78, 5) is 25.4. The van der Waals surface area contributed by atoms with Crippen LogP contribution in [-0.4, -0.2) is 47.5 Å². The number of ether oxygens (including phenoxy) is 1. The second-order valence-corrected chi connectivity index (χ2v) is 15.5. The van der Waals surface area contributed by atoms with Crippen LogP contribution < -0.4 is 4.90 Å². The SMILES string of the molecule is CC1(Cc2ccccc2)C(/C=C/C(C#N)=C/C=C2/N(CCC(=O)O)c3ccc4ccccc4c3C2(C)C)=[N+](CCOC=O)c2c1c1ccccc1c1ccccc21. The molecular formula is C50H44N3O4+. The molecule has 8 rings (SSSR count). The number of anilines is 1. The Bertz CT molecular complexity index is 2750. The van der Waals surface area contributed by atoms with Crippen molar-refractivity contribution in [2.45, 2.75) is 44.4 Å². The Morgan fingerprint density at radius 2 is 1.47 bits per heavy atom. The summed E-state index contributed by atoms with van der Waals surface area (Å²) in [6.45, 7) is 8.00. The molecule has 0 amide bonds. The van der Waals surface area contributed by atoms with Crippen molar-refractivity contribution in [1.82, 2.24) is 0 Å². The van der Waals surface area contributed by atoms with Crippen LogP contribution in [0.4, 0.5) is 11.4 Å². The molecule has 7 heteroatoms. The monoisotopic (exact) mass is 750 g/mol. The van der Waals surface area contributed by atoms with Crippen LogP contribution in [0.3, 0.4) is 0 Å². The molecule has 2 aliphatic rings. The molecule has 282 valence electrons. The Morgan fingerprint density at radius 1 is 0.825 bits per heavy atom. The highest BCUT2D eigenvalue weighted by atomic mass is 16.5. The second-order valence-electron chi connectivity index (χ2n) is 15.5. The fourth-order valence-electron chi connectivity index (χ4n) is 9.34. The summed E-state index contributed by atoms with van der Waals surface area (Å²) >= 11 is 0. The second kappa shape index (κ2) is 15.0. The smallest absolute Gasteiger partial charge is 0.305 e. The molecule has 0 radical (unpaired) electrons. The molecule has 0 aliphatic carbocycles. The minimum absolute atomic E-state index is 0.0275. The molecule has 2 aliphatic heterocycles. The molecule has 0 aromatic heterocycles. The van der Waals surface area contributed by atoms with E-state index in [9.17, 15) is 20.0 Å². The number of benzene rings is 6. The van der Waals surface area contributed by atoms with Gasteiger partial charge in [0.05, 0.1) is 28.9 Å². The Hall–Kier alpha value is -6.78. The van der Waals surface area contributed by atoms with Crippen LogP contribution in [0, 0.1) is 11.3 Å². The van der Waals surface area contributed by atoms with E-state index in [4.69, 9.17) is 4.74 Å². The van der Waals surface area contributed by atoms with Gasteiger partial charge in [-0.2, -0.15) is 9.84 Å². The first kappa shape index (κ1) is 37.2. The Morgan fingerprint density at radius 3 is 2.18 bits per heavy atom. The zero-order valence-corrected chi connectivity index (χ0v) is 32.4. The predicted octanol–water partition coefficient (Wildman–Crippen LogP) is 10.1. The van der Waals surface area contributed by atoms with Crippen molar-refractivity contribution in [3.63, 3.8) is 0 Å². The number of allylic oxidation sites excluding steroid dienone is 6. The van der Waals surface area contributed by atoms with Gasteiger partial charge in [0.25, 0.3) is 6.47 Å². The van der Waals surface area contributed by atoms with Gasteiger partial charge in [0.15, 0.2) is 12.3 Å². The molecule has 0 bridgehead atoms. The topological polar surface area (TPSA) is 93.6 Å². The van der Waals surface area contributed by atoms with Crippen molar-refractivity contribution in [3.8, 4) is 6.07 Å². The highest BCUT2D eigenvalue weighted by Gasteiger charge is 2.50. The average molecular weight is 751 g/mol. The molecule has 1 N–H and O–H groups in total. The summed E-state index contributed by atoms with van der Waals surface area (Å²) in [6, 6.07) is 42.3. The van der Waals surface area contributed by atoms with Crippen LogP contribution in [-0.2, 0) is 31.6 Å². The highest BCUT2D eigenvalue weighted by molar-refractivity contribution is 6.19. The van der Waals surface area contributed by atoms with Gasteiger partial charge in [-0.3, -0.25) is 9.59 Å². The van der Waals surface area contributed by atoms with Gasteiger partial charge in [-0.05, 0) is 81.8 Å². The minimum Gasteiger partial charge on any atom is -0.481 e. The molecule has 0 saturated carbocycles. The van der Waals surface area contributed by atoms with E-state index in [1.54, 1.807) is 0 Å². The van der Waals surface area contributed by atoms with Crippen molar-refractivity contribution >= 4 is 61.8 Å². The van der Waals surface area contributed by atoms with Gasteiger partial charge in [-0.1, -0.05) is 117 Å². The number of rotatable bonds is 12. The molecule has 0 saturated heterocycles. The van der Waals surface area contributed by atoms with Gasteiger partial charge in [0, 0.05) is 35.0 Å². The highest BCUT2D eigenvalue weighted by Crippen LogP contribution is 2.52. The van der Waals surface area contributed by atoms with E-state index < -0.39 is 16.8 Å². The fraction of sp³-hybridized carbons (Fsp3) is 0.200. The van der Waals surface area contributed by atoms with E-state index in [2.05, 4.69) is 139 Å². The van der Waals surface area contributed by atoms with E-state index in [-0.39, 0.29) is 13.0 Å². The van der Waals surface area contributed by atoms with Crippen LogP contribution in [0.25, 0.3) is 32.3 Å². The van der Waals surface area contributed by atoms with Crippen molar-refractivity contribution in [3.05, 3.63) is 168 Å². The molecule has 1 unspecified atom stereocenters. The Kier molecular flexibility index (Phi) is 9.81. The molecular weight excluding hydrogens is 707 g/mol. The third kappa shape index (κ3) is 6.47. The molecule has 0 fully saturated rings. The van der Waals surface area contributed by atoms with Gasteiger partial charge in [-0.25, -0.2) is 0 Å². The number of carboxylic acids is 1. The number of carbonyl (C=O) groups is 2. The third-order valence-electron chi connectivity index (χ3n) is 11.8. The van der Waals surface area contributed by atoms with Gasteiger partial charge in [-0.15, -0.1) is 0 Å². The van der Waals surface area contributed by atoms with Crippen molar-refractivity contribution in [1.29, 1.82) is 5.26 Å². The summed E-state index contributed by atoms with van der Waals surface area (Å²) in [5.74, 6) is -0.866. The van der Waals surface area contributed by atoms with Crippen molar-refractivity contribution < 1.29 is 24.0 Å². The first-order valence-corrected chi connectivity index (χ1v) is 19.4. The molecule has 1 atom stereocenters. The van der Waals surface area contributed by atoms with E-state index >= 15 is 0 Å². The maximum atomic E-state index is 11.8. The van der Waals surface area contributed by atoms with E-state index in [1.807, 2.05) is 36.4 Å². The van der Waals surface area contributed by atoms with E-state index in [1.165, 1.54) is 16.5 Å². The quantitative estimate of drug-likeness (QED) is 0.0334. The number of carbonyl (C=O) groups excluding carboxylic acids is 1. The van der Waals surface area contributed by atoms with Crippen LogP contribution in [0.2, 0.25) is 0 Å². The standard InChI is InChI=1S/C50H43N3O4/c1-49(2)43(52(28-27-45(55)56)42-24-23-36-15-7-8-16-37(36)46(42)49)25-21-35(32-51)22-26-44-50(3,31-34-13-5-4-6-14-34)47-40-19-11-9-17-38(40)39-18-10-12-20-41(39)48(47)53(44)29-30-57-33-54/h4-26,33H,27-31H2,1-3H3/p+1. The van der Waals surface area contributed by atoms with Gasteiger partial charge in [0.1, 0.15) is 6.61 Å². The lowest BCUT2D eigenvalue weighted by Gasteiger charge is -2.26. The Labute approximate surface area is 332 Å². The molecule has 0 spiro atoms. The van der Waals surface area contributed by atoms with Gasteiger partial charge < -0.3 is 14.7 Å². The number of hydrogen-bond acceptors (Lipinski definition) is 5. The number of carboxylic acid groups (broad SMARTS) is 1. The molecule has 57 heavy (non-hydrogen) atoms. The fourth-order valence-corrected chi connectivity index (χ4v) is 9.34. The molecule has 6 aromatic carbocycles. The van der Waals surface area contributed by atoms with Crippen LogP contribution in [0.5, 0.6) is 0 Å². The molecule has 6 aromatic rings. The first-order valence-electron chi connectivity index (χ1n) is 19.4. The van der Waals surface area contributed by atoms with Gasteiger partial charge in [0.2, 0.25) is 5.69 Å². The van der Waals surface area contributed by atoms with Crippen LogP contribution >= 0.6 is 0 Å². The lowest BCUT2D eigenvalue weighted by Crippen LogP contribution is -2.34. The van der Waals surface area contributed by atoms with E-state index in [0.717, 1.165) is 55.3 Å². The van der Waals surface area contributed by atoms with Crippen LogP contribution in [0.1, 0.15) is 43.9 Å². The third-order valence-corrected chi connectivity index (χ3v) is 11.8. The van der Waals surface area contributed by atoms with Gasteiger partial charge >= 0.3 is 5.97 Å².